The van der Waals surface area contributed by atoms with E-state index in [1.54, 1.807) is 0 Å². The van der Waals surface area contributed by atoms with Gasteiger partial charge in [-0.15, -0.1) is 0 Å². The van der Waals surface area contributed by atoms with Crippen molar-refractivity contribution in [3.63, 3.8) is 0 Å². The molecule has 0 heterocycles. The first-order valence-electron chi connectivity index (χ1n) is 3.32. The molecule has 8 heteroatoms. The van der Waals surface area contributed by atoms with Crippen LogP contribution in [0.25, 0.3) is 0 Å². The predicted octanol–water partition coefficient (Wildman–Crippen LogP) is -1.82. The van der Waals surface area contributed by atoms with Gasteiger partial charge in [0.05, 0.1) is 0 Å². The number of hydrogen-bond acceptors (Lipinski definition) is 2. The Bertz CT molecular complexity index is 45.3. The Morgan fingerprint density at radius 3 is 0.786 bits per heavy atom. The number of nitrogens with two attached hydrogens (primary N) is 2. The van der Waals surface area contributed by atoms with E-state index in [9.17, 15) is 0 Å². The first-order chi connectivity index (χ1) is 3.91. The van der Waals surface area contributed by atoms with Crippen LogP contribution >= 0.6 is 0 Å². The van der Waals surface area contributed by atoms with Crippen molar-refractivity contribution >= 4 is 308 Å². The smallest absolute Gasteiger partial charge is 0 e. The maximum atomic E-state index is 5.28. The summed E-state index contributed by atoms with van der Waals surface area (Å²) in [6.45, 7) is 1.65. The fourth-order valence-corrected chi connectivity index (χ4v) is 0.642. The van der Waals surface area contributed by atoms with Gasteiger partial charge in [-0.05, 0) is 25.9 Å². The van der Waals surface area contributed by atoms with E-state index in [0.717, 1.165) is 25.9 Å². The zero-order valence-corrected chi connectivity index (χ0v) is 30.1. The molecule has 0 aromatic carbocycles. The molecule has 0 atom stereocenters. The van der Waals surface area contributed by atoms with E-state index < -0.39 is 0 Å². The van der Waals surface area contributed by atoms with E-state index in [0.29, 0.717) is 0 Å². The summed E-state index contributed by atoms with van der Waals surface area (Å²) in [5, 5.41) is 0. The van der Waals surface area contributed by atoms with E-state index in [2.05, 4.69) is 0 Å². The van der Waals surface area contributed by atoms with Gasteiger partial charge in [-0.3, -0.25) is 0 Å². The third-order valence-electron chi connectivity index (χ3n) is 1.16. The fourth-order valence-electron chi connectivity index (χ4n) is 0.642. The van der Waals surface area contributed by atoms with Gasteiger partial charge in [-0.1, -0.05) is 12.8 Å². The molecule has 56 valence electrons. The molecule has 0 fully saturated rings. The zero-order valence-electron chi connectivity index (χ0n) is 11.4. The minimum atomic E-state index is 0. The summed E-state index contributed by atoms with van der Waals surface area (Å²) in [7, 11) is 0. The Kier molecular flexibility index (Phi) is 136. The largest absolute Gasteiger partial charge is 0.330 e. The Labute approximate surface area is 345 Å². The van der Waals surface area contributed by atoms with Crippen molar-refractivity contribution in [1.82, 2.24) is 0 Å². The molecule has 14 heavy (non-hydrogen) atoms. The maximum Gasteiger partial charge on any atom is 0 e. The van der Waals surface area contributed by atoms with Gasteiger partial charge in [0, 0.05) is 308 Å². The second-order valence-corrected chi connectivity index (χ2v) is 1.99. The van der Waals surface area contributed by atoms with Gasteiger partial charge in [0.1, 0.15) is 0 Å². The number of unbranched alkanes of at least 4 members (excludes halogenated alkanes) is 3. The molecule has 0 bridgehead atoms. The molecule has 0 aliphatic carbocycles. The molecule has 0 rings (SSSR count). The molecule has 0 unspecified atom stereocenters. The molecule has 0 aliphatic rings. The standard InChI is InChI=1S/C6H16N2.6K/c7-5-3-1-2-4-6-8;;;;;;/h1-8H2;;;;;;. The molecule has 6 radical (unpaired) electrons. The van der Waals surface area contributed by atoms with Crippen LogP contribution in [0.2, 0.25) is 0 Å². The molecule has 4 N–H and O–H groups in total. The van der Waals surface area contributed by atoms with Crippen molar-refractivity contribution in [2.24, 2.45) is 11.5 Å². The predicted molar refractivity (Wildman–Crippen MR) is 71.1 cm³/mol. The molecular weight excluding hydrogens is 335 g/mol. The summed E-state index contributed by atoms with van der Waals surface area (Å²) < 4.78 is 0. The van der Waals surface area contributed by atoms with Gasteiger partial charge in [0.2, 0.25) is 0 Å². The first-order valence-corrected chi connectivity index (χ1v) is 3.32. The van der Waals surface area contributed by atoms with Crippen LogP contribution in [-0.4, -0.2) is 321 Å². The van der Waals surface area contributed by atoms with Crippen molar-refractivity contribution in [2.45, 2.75) is 25.7 Å². The minimum Gasteiger partial charge on any atom is -0.330 e. The zero-order chi connectivity index (χ0) is 6.24. The van der Waals surface area contributed by atoms with E-state index in [4.69, 9.17) is 11.5 Å². The van der Waals surface area contributed by atoms with E-state index in [1.807, 2.05) is 0 Å². The molecular formula is C6H16K6N2. The maximum absolute atomic E-state index is 5.28. The Hall–Kier alpha value is 9.74. The second-order valence-electron chi connectivity index (χ2n) is 1.99. The van der Waals surface area contributed by atoms with Crippen molar-refractivity contribution in [3.8, 4) is 0 Å². The van der Waals surface area contributed by atoms with Gasteiger partial charge in [-0.25, -0.2) is 0 Å². The van der Waals surface area contributed by atoms with Crippen LogP contribution < -0.4 is 11.5 Å². The quantitative estimate of drug-likeness (QED) is 0.453. The van der Waals surface area contributed by atoms with E-state index in [-0.39, 0.29) is 308 Å². The van der Waals surface area contributed by atoms with E-state index in [1.165, 1.54) is 12.8 Å². The monoisotopic (exact) mass is 350 g/mol. The van der Waals surface area contributed by atoms with Crippen LogP contribution in [0.5, 0.6) is 0 Å². The van der Waals surface area contributed by atoms with Gasteiger partial charge >= 0.3 is 0 Å². The topological polar surface area (TPSA) is 52.0 Å². The van der Waals surface area contributed by atoms with Crippen LogP contribution in [0.4, 0.5) is 0 Å². The third kappa shape index (κ3) is 43.0. The molecule has 0 saturated heterocycles. The number of hydrogen-bond donors (Lipinski definition) is 2. The summed E-state index contributed by atoms with van der Waals surface area (Å²) >= 11 is 0. The summed E-state index contributed by atoms with van der Waals surface area (Å²) in [5.41, 5.74) is 10.6. The van der Waals surface area contributed by atoms with Crippen LogP contribution in [0.3, 0.4) is 0 Å². The molecule has 2 nitrogen and oxygen atoms in total. The molecule has 0 aromatic heterocycles. The summed E-state index contributed by atoms with van der Waals surface area (Å²) in [4.78, 5) is 0. The third-order valence-corrected chi connectivity index (χ3v) is 1.16. The Morgan fingerprint density at radius 2 is 0.643 bits per heavy atom. The van der Waals surface area contributed by atoms with Crippen molar-refractivity contribution in [1.29, 1.82) is 0 Å². The summed E-state index contributed by atoms with van der Waals surface area (Å²) in [6, 6.07) is 0. The summed E-state index contributed by atoms with van der Waals surface area (Å²) in [6.07, 6.45) is 4.79. The molecule has 0 aliphatic heterocycles. The van der Waals surface area contributed by atoms with Crippen molar-refractivity contribution in [2.75, 3.05) is 13.1 Å². The Morgan fingerprint density at radius 1 is 0.429 bits per heavy atom. The Balaban J connectivity index is -0.0000000163. The number of rotatable bonds is 5. The van der Waals surface area contributed by atoms with Gasteiger partial charge < -0.3 is 11.5 Å². The van der Waals surface area contributed by atoms with Gasteiger partial charge in [-0.2, -0.15) is 0 Å². The van der Waals surface area contributed by atoms with Gasteiger partial charge in [0.25, 0.3) is 0 Å². The van der Waals surface area contributed by atoms with Gasteiger partial charge in [0.15, 0.2) is 0 Å². The normalized spacial score (nSPS) is 5.57. The van der Waals surface area contributed by atoms with Crippen LogP contribution in [0.1, 0.15) is 25.7 Å². The summed E-state index contributed by atoms with van der Waals surface area (Å²) in [5.74, 6) is 0. The van der Waals surface area contributed by atoms with Crippen molar-refractivity contribution < 1.29 is 0 Å². The van der Waals surface area contributed by atoms with Crippen LogP contribution in [0.15, 0.2) is 0 Å². The molecule has 0 aromatic rings. The first kappa shape index (κ1) is 43.8. The van der Waals surface area contributed by atoms with Crippen LogP contribution in [0, 0.1) is 0 Å². The van der Waals surface area contributed by atoms with Crippen LogP contribution in [-0.2, 0) is 0 Å². The minimum absolute atomic E-state index is 0. The average molecular weight is 351 g/mol. The fraction of sp³-hybridized carbons (Fsp3) is 1.00. The molecule has 0 saturated carbocycles. The van der Waals surface area contributed by atoms with Crippen molar-refractivity contribution in [3.05, 3.63) is 0 Å². The van der Waals surface area contributed by atoms with E-state index >= 15 is 0 Å². The average Bonchev–Trinajstić information content (AvgIpc) is 1.81. The SMILES string of the molecule is NCCCCCCN.[K].[K].[K].[K].[K].[K]. The molecule has 0 spiro atoms. The molecule has 0 amide bonds. The second kappa shape index (κ2) is 43.4.